The number of fused-ring (bicyclic) bond motifs is 1. The van der Waals surface area contributed by atoms with Crippen LogP contribution in [0.3, 0.4) is 0 Å². The minimum absolute atomic E-state index is 0.123. The van der Waals surface area contributed by atoms with Crippen molar-refractivity contribution in [3.63, 3.8) is 0 Å². The van der Waals surface area contributed by atoms with Gasteiger partial charge in [0.2, 0.25) is 0 Å². The van der Waals surface area contributed by atoms with Crippen LogP contribution in [0.1, 0.15) is 30.4 Å². The number of hydrogen-bond acceptors (Lipinski definition) is 3. The third-order valence-corrected chi connectivity index (χ3v) is 3.82. The molecule has 118 valence electrons. The van der Waals surface area contributed by atoms with Gasteiger partial charge < -0.3 is 0 Å². The van der Waals surface area contributed by atoms with Crippen LogP contribution in [0.5, 0.6) is 0 Å². The van der Waals surface area contributed by atoms with E-state index in [1.165, 1.54) is 10.7 Å². The Kier molecular flexibility index (Phi) is 3.54. The number of pyridine rings is 1. The monoisotopic (exact) mass is 312 g/mol. The molecule has 1 aliphatic heterocycles. The summed E-state index contributed by atoms with van der Waals surface area (Å²) in [5.74, 6) is 1.22. The molecule has 0 N–H and O–H groups in total. The number of rotatable bonds is 2. The van der Waals surface area contributed by atoms with E-state index in [0.29, 0.717) is 18.0 Å². The summed E-state index contributed by atoms with van der Waals surface area (Å²) in [5.41, 5.74) is -0.651. The van der Waals surface area contributed by atoms with Gasteiger partial charge in [-0.25, -0.2) is 9.48 Å². The second-order valence-corrected chi connectivity index (χ2v) is 5.66. The summed E-state index contributed by atoms with van der Waals surface area (Å²) in [6.07, 6.45) is -1.65. The molecule has 0 aliphatic carbocycles. The zero-order chi connectivity index (χ0) is 15.9. The van der Waals surface area contributed by atoms with E-state index in [-0.39, 0.29) is 12.2 Å². The Hall–Kier alpha value is -2.12. The first-order valence-electron chi connectivity index (χ1n) is 7.03. The normalized spacial score (nSPS) is 18.3. The average Bonchev–Trinajstić information content (AvgIpc) is 2.74. The first-order chi connectivity index (χ1) is 10.3. The predicted molar refractivity (Wildman–Crippen MR) is 72.3 cm³/mol. The van der Waals surface area contributed by atoms with Gasteiger partial charge in [0.15, 0.2) is 0 Å². The van der Waals surface area contributed by atoms with Crippen molar-refractivity contribution in [1.29, 1.82) is 0 Å². The summed E-state index contributed by atoms with van der Waals surface area (Å²) in [6.45, 7) is 2.87. The lowest BCUT2D eigenvalue weighted by Gasteiger charge is -2.17. The molecule has 0 radical (unpaired) electrons. The Labute approximate surface area is 124 Å². The van der Waals surface area contributed by atoms with Crippen LogP contribution in [-0.2, 0) is 25.7 Å². The number of aromatic nitrogens is 4. The van der Waals surface area contributed by atoms with Gasteiger partial charge in [-0.2, -0.15) is 18.3 Å². The second-order valence-electron chi connectivity index (χ2n) is 5.66. The molecule has 0 saturated heterocycles. The second kappa shape index (κ2) is 5.26. The van der Waals surface area contributed by atoms with Gasteiger partial charge in [-0.3, -0.25) is 9.55 Å². The predicted octanol–water partition coefficient (Wildman–Crippen LogP) is 2.09. The lowest BCUT2D eigenvalue weighted by molar-refractivity contribution is -0.141. The summed E-state index contributed by atoms with van der Waals surface area (Å²) in [6, 6.07) is 2.24. The van der Waals surface area contributed by atoms with Crippen molar-refractivity contribution in [1.82, 2.24) is 19.3 Å². The van der Waals surface area contributed by atoms with Crippen LogP contribution >= 0.6 is 0 Å². The third kappa shape index (κ3) is 2.77. The molecule has 0 aromatic carbocycles. The summed E-state index contributed by atoms with van der Waals surface area (Å²) in [4.78, 5) is 15.6. The molecule has 3 heterocycles. The Morgan fingerprint density at radius 1 is 1.36 bits per heavy atom. The van der Waals surface area contributed by atoms with E-state index in [2.05, 4.69) is 17.0 Å². The van der Waals surface area contributed by atoms with E-state index in [0.717, 1.165) is 30.9 Å². The first kappa shape index (κ1) is 14.8. The number of alkyl halides is 3. The Bertz CT molecular complexity index is 730. The van der Waals surface area contributed by atoms with Crippen LogP contribution < -0.4 is 5.69 Å². The molecule has 0 fully saturated rings. The molecule has 2 aromatic heterocycles. The van der Waals surface area contributed by atoms with Gasteiger partial charge in [0.1, 0.15) is 11.5 Å². The molecule has 0 saturated carbocycles. The Morgan fingerprint density at radius 2 is 2.14 bits per heavy atom. The Morgan fingerprint density at radius 3 is 2.77 bits per heavy atom. The van der Waals surface area contributed by atoms with E-state index in [1.54, 1.807) is 4.57 Å². The minimum atomic E-state index is -4.46. The third-order valence-electron chi connectivity index (χ3n) is 3.82. The molecule has 0 spiro atoms. The number of halogens is 3. The van der Waals surface area contributed by atoms with Crippen LogP contribution in [0.15, 0.2) is 23.1 Å². The maximum atomic E-state index is 12.5. The largest absolute Gasteiger partial charge is 0.433 e. The molecule has 3 rings (SSSR count). The van der Waals surface area contributed by atoms with E-state index in [9.17, 15) is 18.0 Å². The molecular formula is C14H15F3N4O. The zero-order valence-electron chi connectivity index (χ0n) is 12.0. The van der Waals surface area contributed by atoms with Crippen LogP contribution in [0.25, 0.3) is 0 Å². The molecule has 22 heavy (non-hydrogen) atoms. The molecular weight excluding hydrogens is 297 g/mol. The minimum Gasteiger partial charge on any atom is -0.279 e. The van der Waals surface area contributed by atoms with Gasteiger partial charge in [0, 0.05) is 19.2 Å². The van der Waals surface area contributed by atoms with Crippen molar-refractivity contribution >= 4 is 0 Å². The topological polar surface area (TPSA) is 52.7 Å². The first-order valence-corrected chi connectivity index (χ1v) is 7.03. The summed E-state index contributed by atoms with van der Waals surface area (Å²) < 4.78 is 40.3. The fourth-order valence-electron chi connectivity index (χ4n) is 2.59. The quantitative estimate of drug-likeness (QED) is 0.853. The van der Waals surface area contributed by atoms with Gasteiger partial charge in [0.25, 0.3) is 0 Å². The van der Waals surface area contributed by atoms with Crippen LogP contribution in [0.4, 0.5) is 13.2 Å². The standard InChI is InChI=1S/C14H15F3N4O/c1-9-4-5-20-12(6-9)19-21(13(20)22)8-10-2-3-11(18-7-10)14(15,16)17/h2-3,7,9H,4-6,8H2,1H3/t9-/m1/s1. The van der Waals surface area contributed by atoms with E-state index >= 15 is 0 Å². The molecule has 1 aliphatic rings. The van der Waals surface area contributed by atoms with Crippen molar-refractivity contribution in [2.75, 3.05) is 0 Å². The fourth-order valence-corrected chi connectivity index (χ4v) is 2.59. The SMILES string of the molecule is C[C@@H]1CCn2c(nn(Cc3ccc(C(F)(F)F)nc3)c2=O)C1. The number of hydrogen-bond donors (Lipinski definition) is 0. The highest BCUT2D eigenvalue weighted by Crippen LogP contribution is 2.27. The van der Waals surface area contributed by atoms with Crippen molar-refractivity contribution in [2.45, 2.75) is 39.0 Å². The van der Waals surface area contributed by atoms with Crippen LogP contribution in [-0.4, -0.2) is 19.3 Å². The van der Waals surface area contributed by atoms with Gasteiger partial charge >= 0.3 is 11.9 Å². The molecule has 1 atom stereocenters. The highest BCUT2D eigenvalue weighted by Gasteiger charge is 2.32. The van der Waals surface area contributed by atoms with E-state index in [4.69, 9.17) is 0 Å². The maximum absolute atomic E-state index is 12.5. The van der Waals surface area contributed by atoms with E-state index < -0.39 is 11.9 Å². The fraction of sp³-hybridized carbons (Fsp3) is 0.500. The van der Waals surface area contributed by atoms with Crippen molar-refractivity contribution in [3.05, 3.63) is 45.9 Å². The van der Waals surface area contributed by atoms with Gasteiger partial charge in [-0.05, 0) is 24.0 Å². The molecule has 5 nitrogen and oxygen atoms in total. The van der Waals surface area contributed by atoms with Crippen molar-refractivity contribution < 1.29 is 13.2 Å². The van der Waals surface area contributed by atoms with Gasteiger partial charge in [-0.1, -0.05) is 13.0 Å². The molecule has 0 bridgehead atoms. The lowest BCUT2D eigenvalue weighted by atomic mass is 10.0. The van der Waals surface area contributed by atoms with Crippen LogP contribution in [0, 0.1) is 5.92 Å². The van der Waals surface area contributed by atoms with Crippen molar-refractivity contribution in [3.8, 4) is 0 Å². The molecule has 2 aromatic rings. The molecule has 0 amide bonds. The van der Waals surface area contributed by atoms with Gasteiger partial charge in [-0.15, -0.1) is 0 Å². The highest BCUT2D eigenvalue weighted by molar-refractivity contribution is 5.16. The van der Waals surface area contributed by atoms with Gasteiger partial charge in [0.05, 0.1) is 6.54 Å². The number of nitrogens with zero attached hydrogens (tertiary/aromatic N) is 4. The summed E-state index contributed by atoms with van der Waals surface area (Å²) >= 11 is 0. The zero-order valence-corrected chi connectivity index (χ0v) is 12.0. The average molecular weight is 312 g/mol. The summed E-state index contributed by atoms with van der Waals surface area (Å²) in [7, 11) is 0. The van der Waals surface area contributed by atoms with E-state index in [1.807, 2.05) is 0 Å². The highest BCUT2D eigenvalue weighted by atomic mass is 19.4. The molecule has 8 heteroatoms. The lowest BCUT2D eigenvalue weighted by Crippen LogP contribution is -2.29. The Balaban J connectivity index is 1.84. The summed E-state index contributed by atoms with van der Waals surface area (Å²) in [5, 5.41) is 4.28. The van der Waals surface area contributed by atoms with Crippen LogP contribution in [0.2, 0.25) is 0 Å². The molecule has 0 unspecified atom stereocenters. The smallest absolute Gasteiger partial charge is 0.279 e. The maximum Gasteiger partial charge on any atom is 0.433 e. The van der Waals surface area contributed by atoms with Crippen molar-refractivity contribution in [2.24, 2.45) is 5.92 Å².